The summed E-state index contributed by atoms with van der Waals surface area (Å²) in [5, 5.41) is 4.59. The van der Waals surface area contributed by atoms with Gasteiger partial charge >= 0.3 is 0 Å². The maximum Gasteiger partial charge on any atom is 0.273 e. The van der Waals surface area contributed by atoms with Gasteiger partial charge in [-0.15, -0.1) is 0 Å². The standard InChI is InChI=1S/C18H17N5O/c1-11-8-17-20-10-13-15-6-5-12(9-16(13)23(17)21-11)22(15)18(24)14-4-2-3-7-19-14/h2-4,7-8,10,12,15H,5-6,9H2,1H3. The third-order valence-corrected chi connectivity index (χ3v) is 5.15. The van der Waals surface area contributed by atoms with Gasteiger partial charge in [-0.25, -0.2) is 9.50 Å². The first-order valence-corrected chi connectivity index (χ1v) is 8.30. The van der Waals surface area contributed by atoms with Crippen LogP contribution in [-0.4, -0.2) is 36.4 Å². The average molecular weight is 319 g/mol. The van der Waals surface area contributed by atoms with E-state index in [1.807, 2.05) is 40.7 Å². The van der Waals surface area contributed by atoms with Crippen LogP contribution in [-0.2, 0) is 6.42 Å². The van der Waals surface area contributed by atoms with Gasteiger partial charge in [-0.05, 0) is 31.9 Å². The van der Waals surface area contributed by atoms with E-state index < -0.39 is 0 Å². The second kappa shape index (κ2) is 4.87. The highest BCUT2D eigenvalue weighted by molar-refractivity contribution is 5.93. The Bertz CT molecular complexity index is 949. The topological polar surface area (TPSA) is 63.4 Å². The number of fused-ring (bicyclic) bond motifs is 6. The number of hydrogen-bond donors (Lipinski definition) is 0. The van der Waals surface area contributed by atoms with Crippen LogP contribution in [0.15, 0.2) is 36.7 Å². The molecule has 5 heterocycles. The summed E-state index contributed by atoms with van der Waals surface area (Å²) in [6.45, 7) is 1.98. The fraction of sp³-hybridized carbons (Fsp3) is 0.333. The fourth-order valence-electron chi connectivity index (χ4n) is 4.13. The van der Waals surface area contributed by atoms with E-state index in [-0.39, 0.29) is 18.0 Å². The predicted octanol–water partition coefficient (Wildman–Crippen LogP) is 2.33. The van der Waals surface area contributed by atoms with Crippen molar-refractivity contribution in [2.75, 3.05) is 0 Å². The number of amides is 1. The third-order valence-electron chi connectivity index (χ3n) is 5.15. The molecule has 0 saturated carbocycles. The molecular formula is C18H17N5O. The Morgan fingerprint density at radius 3 is 3.00 bits per heavy atom. The number of hydrogen-bond acceptors (Lipinski definition) is 4. The van der Waals surface area contributed by atoms with Crippen molar-refractivity contribution >= 4 is 11.6 Å². The van der Waals surface area contributed by atoms with Crippen LogP contribution in [0.1, 0.15) is 46.3 Å². The summed E-state index contributed by atoms with van der Waals surface area (Å²) in [4.78, 5) is 23.7. The number of rotatable bonds is 1. The van der Waals surface area contributed by atoms with Gasteiger partial charge in [-0.3, -0.25) is 9.78 Å². The van der Waals surface area contributed by atoms with Crippen LogP contribution in [0.3, 0.4) is 0 Å². The molecule has 5 rings (SSSR count). The lowest BCUT2D eigenvalue weighted by Gasteiger charge is -2.35. The number of aryl methyl sites for hydroxylation is 1. The van der Waals surface area contributed by atoms with Crippen molar-refractivity contribution in [3.63, 3.8) is 0 Å². The van der Waals surface area contributed by atoms with Crippen LogP contribution in [0.2, 0.25) is 0 Å². The molecule has 120 valence electrons. The summed E-state index contributed by atoms with van der Waals surface area (Å²) in [5.74, 6) is 0.0190. The first-order chi connectivity index (χ1) is 11.7. The minimum atomic E-state index is 0.0190. The molecule has 2 aliphatic rings. The third kappa shape index (κ3) is 1.82. The number of carbonyl (C=O) groups excluding carboxylic acids is 1. The normalized spacial score (nSPS) is 22.0. The predicted molar refractivity (Wildman–Crippen MR) is 87.6 cm³/mol. The molecule has 2 atom stereocenters. The Balaban J connectivity index is 1.61. The van der Waals surface area contributed by atoms with Gasteiger partial charge in [-0.2, -0.15) is 5.10 Å². The molecule has 24 heavy (non-hydrogen) atoms. The van der Waals surface area contributed by atoms with Crippen LogP contribution in [0, 0.1) is 6.92 Å². The summed E-state index contributed by atoms with van der Waals surface area (Å²) in [7, 11) is 0. The number of carbonyl (C=O) groups is 1. The molecule has 0 aromatic carbocycles. The maximum absolute atomic E-state index is 13.0. The van der Waals surface area contributed by atoms with Crippen LogP contribution in [0.25, 0.3) is 5.65 Å². The molecular weight excluding hydrogens is 302 g/mol. The van der Waals surface area contributed by atoms with E-state index in [4.69, 9.17) is 0 Å². The number of nitrogens with zero attached hydrogens (tertiary/aromatic N) is 5. The zero-order valence-corrected chi connectivity index (χ0v) is 13.4. The molecule has 1 amide bonds. The molecule has 3 aromatic heterocycles. The summed E-state index contributed by atoms with van der Waals surface area (Å²) in [5.41, 5.74) is 4.70. The molecule has 6 nitrogen and oxygen atoms in total. The lowest BCUT2D eigenvalue weighted by atomic mass is 9.98. The second-order valence-electron chi connectivity index (χ2n) is 6.59. The smallest absolute Gasteiger partial charge is 0.273 e. The summed E-state index contributed by atoms with van der Waals surface area (Å²) in [6.07, 6.45) is 6.41. The van der Waals surface area contributed by atoms with E-state index >= 15 is 0 Å². The van der Waals surface area contributed by atoms with E-state index in [9.17, 15) is 4.79 Å². The molecule has 3 aromatic rings. The Hall–Kier alpha value is -2.76. The fourth-order valence-corrected chi connectivity index (χ4v) is 4.13. The second-order valence-corrected chi connectivity index (χ2v) is 6.59. The molecule has 0 aliphatic carbocycles. The largest absolute Gasteiger partial charge is 0.327 e. The minimum absolute atomic E-state index is 0.0190. The van der Waals surface area contributed by atoms with E-state index in [0.717, 1.165) is 36.2 Å². The van der Waals surface area contributed by atoms with Crippen molar-refractivity contribution in [1.82, 2.24) is 24.5 Å². The Morgan fingerprint density at radius 1 is 1.25 bits per heavy atom. The van der Waals surface area contributed by atoms with Crippen molar-refractivity contribution in [3.05, 3.63) is 59.3 Å². The molecule has 2 aliphatic heterocycles. The number of pyridine rings is 1. The van der Waals surface area contributed by atoms with Gasteiger partial charge in [0.05, 0.1) is 17.4 Å². The highest BCUT2D eigenvalue weighted by Crippen LogP contribution is 2.44. The SMILES string of the molecule is Cc1cc2ncc3c(n2n1)CC1CCC3N1C(=O)c1ccccn1. The monoisotopic (exact) mass is 319 g/mol. The molecule has 0 radical (unpaired) electrons. The molecule has 1 fully saturated rings. The average Bonchev–Trinajstić information content (AvgIpc) is 3.14. The van der Waals surface area contributed by atoms with Gasteiger partial charge in [0.2, 0.25) is 0 Å². The van der Waals surface area contributed by atoms with Crippen LogP contribution < -0.4 is 0 Å². The van der Waals surface area contributed by atoms with E-state index in [0.29, 0.717) is 5.69 Å². The van der Waals surface area contributed by atoms with E-state index in [2.05, 4.69) is 15.1 Å². The summed E-state index contributed by atoms with van der Waals surface area (Å²) < 4.78 is 1.96. The Labute approximate surface area is 139 Å². The van der Waals surface area contributed by atoms with Gasteiger partial charge in [0.25, 0.3) is 5.91 Å². The molecule has 0 spiro atoms. The summed E-state index contributed by atoms with van der Waals surface area (Å²) >= 11 is 0. The first-order valence-electron chi connectivity index (χ1n) is 8.30. The molecule has 2 bridgehead atoms. The van der Waals surface area contributed by atoms with Crippen molar-refractivity contribution in [2.45, 2.75) is 38.3 Å². The highest BCUT2D eigenvalue weighted by Gasteiger charge is 2.44. The summed E-state index contributed by atoms with van der Waals surface area (Å²) in [6, 6.07) is 7.76. The Kier molecular flexibility index (Phi) is 2.77. The molecule has 0 N–H and O–H groups in total. The van der Waals surface area contributed by atoms with E-state index in [1.165, 1.54) is 5.69 Å². The first kappa shape index (κ1) is 13.7. The van der Waals surface area contributed by atoms with Crippen LogP contribution in [0.5, 0.6) is 0 Å². The zero-order valence-electron chi connectivity index (χ0n) is 13.4. The van der Waals surface area contributed by atoms with Gasteiger partial charge < -0.3 is 4.90 Å². The maximum atomic E-state index is 13.0. The van der Waals surface area contributed by atoms with Gasteiger partial charge in [0, 0.05) is 36.5 Å². The van der Waals surface area contributed by atoms with Crippen molar-refractivity contribution in [2.24, 2.45) is 0 Å². The molecule has 2 unspecified atom stereocenters. The molecule has 1 saturated heterocycles. The zero-order chi connectivity index (χ0) is 16.3. The lowest BCUT2D eigenvalue weighted by Crippen LogP contribution is -2.43. The highest BCUT2D eigenvalue weighted by atomic mass is 16.2. The van der Waals surface area contributed by atoms with Crippen molar-refractivity contribution < 1.29 is 4.79 Å². The van der Waals surface area contributed by atoms with Crippen LogP contribution in [0.4, 0.5) is 0 Å². The molecule has 6 heteroatoms. The van der Waals surface area contributed by atoms with Gasteiger partial charge in [-0.1, -0.05) is 6.07 Å². The Morgan fingerprint density at radius 2 is 2.17 bits per heavy atom. The minimum Gasteiger partial charge on any atom is -0.327 e. The van der Waals surface area contributed by atoms with Crippen molar-refractivity contribution in [3.8, 4) is 0 Å². The lowest BCUT2D eigenvalue weighted by molar-refractivity contribution is 0.0636. The van der Waals surface area contributed by atoms with Gasteiger partial charge in [0.1, 0.15) is 5.69 Å². The van der Waals surface area contributed by atoms with Crippen LogP contribution >= 0.6 is 0 Å². The van der Waals surface area contributed by atoms with Crippen molar-refractivity contribution in [1.29, 1.82) is 0 Å². The van der Waals surface area contributed by atoms with E-state index in [1.54, 1.807) is 12.3 Å². The van der Waals surface area contributed by atoms with Gasteiger partial charge in [0.15, 0.2) is 5.65 Å². The number of aromatic nitrogens is 4. The quantitative estimate of drug-likeness (QED) is 0.690.